The molecule has 0 nitrogen and oxygen atoms in total. The van der Waals surface area contributed by atoms with Gasteiger partial charge in [0.05, 0.1) is 0 Å². The molecule has 90 valence electrons. The Morgan fingerprint density at radius 2 is 1.81 bits per heavy atom. The summed E-state index contributed by atoms with van der Waals surface area (Å²) in [6.07, 6.45) is 0. The summed E-state index contributed by atoms with van der Waals surface area (Å²) in [6, 6.07) is 10.7. The minimum Gasteiger partial charge on any atom is -0.179 e. The molecule has 1 atom stereocenters. The molecule has 0 radical (unpaired) electrons. The van der Waals surface area contributed by atoms with Crippen LogP contribution in [0.25, 0.3) is 0 Å². The smallest absolute Gasteiger partial charge is 0.0184 e. The predicted octanol–water partition coefficient (Wildman–Crippen LogP) is 4.51. The molecule has 0 spiro atoms. The molecule has 0 amide bonds. The monoisotopic (exact) mass is 254 g/mol. The van der Waals surface area contributed by atoms with E-state index in [-0.39, 0.29) is 0 Å². The first-order valence-corrected chi connectivity index (χ1v) is 7.55. The highest BCUT2D eigenvalue weighted by atomic mass is 32.2. The van der Waals surface area contributed by atoms with E-state index >= 15 is 0 Å². The first kappa shape index (κ1) is 14.0. The van der Waals surface area contributed by atoms with Crippen molar-refractivity contribution >= 4 is 24.4 Å². The summed E-state index contributed by atoms with van der Waals surface area (Å²) >= 11 is 6.47. The van der Waals surface area contributed by atoms with Gasteiger partial charge in [0, 0.05) is 5.75 Å². The van der Waals surface area contributed by atoms with E-state index in [0.717, 1.165) is 11.5 Å². The number of rotatable bonds is 5. The van der Waals surface area contributed by atoms with E-state index in [1.807, 2.05) is 11.8 Å². The van der Waals surface area contributed by atoms with E-state index in [9.17, 15) is 0 Å². The maximum absolute atomic E-state index is 4.46. The molecular weight excluding hydrogens is 232 g/mol. The Labute approximate surface area is 110 Å². The highest BCUT2D eigenvalue weighted by molar-refractivity contribution is 7.98. The number of hydrogen-bond donors (Lipinski definition) is 1. The number of thiol groups is 1. The van der Waals surface area contributed by atoms with Crippen LogP contribution in [-0.4, -0.2) is 11.5 Å². The Morgan fingerprint density at radius 3 is 2.31 bits per heavy atom. The van der Waals surface area contributed by atoms with Gasteiger partial charge < -0.3 is 0 Å². The number of thioether (sulfide) groups is 1. The van der Waals surface area contributed by atoms with Gasteiger partial charge >= 0.3 is 0 Å². The van der Waals surface area contributed by atoms with Gasteiger partial charge in [0.25, 0.3) is 0 Å². The summed E-state index contributed by atoms with van der Waals surface area (Å²) < 4.78 is 0. The lowest BCUT2D eigenvalue weighted by Gasteiger charge is -2.29. The Bertz CT molecular complexity index is 287. The molecule has 0 aliphatic heterocycles. The van der Waals surface area contributed by atoms with Crippen LogP contribution < -0.4 is 0 Å². The van der Waals surface area contributed by atoms with Gasteiger partial charge in [0.1, 0.15) is 0 Å². The van der Waals surface area contributed by atoms with Crippen LogP contribution in [0.4, 0.5) is 0 Å². The molecular formula is C14H22S2. The van der Waals surface area contributed by atoms with Crippen LogP contribution in [0, 0.1) is 11.3 Å². The van der Waals surface area contributed by atoms with Crippen LogP contribution in [0.15, 0.2) is 30.3 Å². The quantitative estimate of drug-likeness (QED) is 0.754. The van der Waals surface area contributed by atoms with Gasteiger partial charge in [-0.05, 0) is 28.4 Å². The molecule has 0 N–H and O–H groups in total. The van der Waals surface area contributed by atoms with Gasteiger partial charge in [-0.2, -0.15) is 24.4 Å². The van der Waals surface area contributed by atoms with E-state index in [0.29, 0.717) is 11.3 Å². The third-order valence-corrected chi connectivity index (χ3v) is 4.49. The van der Waals surface area contributed by atoms with Crippen LogP contribution in [0.1, 0.15) is 26.3 Å². The summed E-state index contributed by atoms with van der Waals surface area (Å²) in [5.74, 6) is 3.97. The van der Waals surface area contributed by atoms with Crippen LogP contribution in [0.5, 0.6) is 0 Å². The molecule has 0 heterocycles. The van der Waals surface area contributed by atoms with Gasteiger partial charge in [-0.25, -0.2) is 0 Å². The molecule has 0 fully saturated rings. The van der Waals surface area contributed by atoms with E-state index in [4.69, 9.17) is 0 Å². The zero-order valence-corrected chi connectivity index (χ0v) is 12.2. The van der Waals surface area contributed by atoms with Gasteiger partial charge in [-0.15, -0.1) is 0 Å². The highest BCUT2D eigenvalue weighted by Crippen LogP contribution is 2.30. The van der Waals surface area contributed by atoms with E-state index in [1.54, 1.807) is 0 Å². The second-order valence-electron chi connectivity index (χ2n) is 5.25. The summed E-state index contributed by atoms with van der Waals surface area (Å²) in [5.41, 5.74) is 1.78. The SMILES string of the molecule is CC(C)(C)C(CS)CSCc1ccccc1. The Hall–Kier alpha value is -0.0800. The van der Waals surface area contributed by atoms with Gasteiger partial charge in [0.2, 0.25) is 0 Å². The zero-order valence-electron chi connectivity index (χ0n) is 10.4. The molecule has 0 aromatic heterocycles. The predicted molar refractivity (Wildman–Crippen MR) is 79.4 cm³/mol. The van der Waals surface area contributed by atoms with Crippen molar-refractivity contribution in [3.05, 3.63) is 35.9 Å². The third-order valence-electron chi connectivity index (χ3n) is 2.88. The fourth-order valence-corrected chi connectivity index (χ4v) is 3.77. The van der Waals surface area contributed by atoms with Crippen molar-refractivity contribution < 1.29 is 0 Å². The Morgan fingerprint density at radius 1 is 1.19 bits per heavy atom. The van der Waals surface area contributed by atoms with E-state index < -0.39 is 0 Å². The van der Waals surface area contributed by atoms with Gasteiger partial charge in [0.15, 0.2) is 0 Å². The van der Waals surface area contributed by atoms with Crippen molar-refractivity contribution in [2.24, 2.45) is 11.3 Å². The molecule has 1 aromatic rings. The average molecular weight is 254 g/mol. The first-order valence-electron chi connectivity index (χ1n) is 5.76. The normalized spacial score (nSPS) is 13.8. The first-order chi connectivity index (χ1) is 7.54. The summed E-state index contributed by atoms with van der Waals surface area (Å²) in [7, 11) is 0. The summed E-state index contributed by atoms with van der Waals surface area (Å²) in [4.78, 5) is 0. The van der Waals surface area contributed by atoms with Crippen molar-refractivity contribution in [1.29, 1.82) is 0 Å². The molecule has 1 unspecified atom stereocenters. The van der Waals surface area contributed by atoms with Crippen molar-refractivity contribution in [2.75, 3.05) is 11.5 Å². The maximum atomic E-state index is 4.46. The highest BCUT2D eigenvalue weighted by Gasteiger charge is 2.22. The standard InChI is InChI=1S/C14H22S2/c1-14(2,3)13(9-15)11-16-10-12-7-5-4-6-8-12/h4-8,13,15H,9-11H2,1-3H3. The molecule has 0 saturated heterocycles. The Balaban J connectivity index is 2.35. The molecule has 0 bridgehead atoms. The van der Waals surface area contributed by atoms with Crippen LogP contribution in [0.3, 0.4) is 0 Å². The second-order valence-corrected chi connectivity index (χ2v) is 6.64. The number of benzene rings is 1. The molecule has 16 heavy (non-hydrogen) atoms. The molecule has 1 rings (SSSR count). The van der Waals surface area contributed by atoms with Gasteiger partial charge in [-0.3, -0.25) is 0 Å². The zero-order chi connectivity index (χ0) is 12.0. The van der Waals surface area contributed by atoms with Crippen LogP contribution >= 0.6 is 24.4 Å². The van der Waals surface area contributed by atoms with Gasteiger partial charge in [-0.1, -0.05) is 51.1 Å². The van der Waals surface area contributed by atoms with Crippen molar-refractivity contribution in [1.82, 2.24) is 0 Å². The molecule has 1 aromatic carbocycles. The molecule has 2 heteroatoms. The minimum absolute atomic E-state index is 0.367. The maximum Gasteiger partial charge on any atom is 0.0184 e. The van der Waals surface area contributed by atoms with Crippen molar-refractivity contribution in [2.45, 2.75) is 26.5 Å². The minimum atomic E-state index is 0.367. The van der Waals surface area contributed by atoms with E-state index in [2.05, 4.69) is 63.7 Å². The average Bonchev–Trinajstić information content (AvgIpc) is 2.24. The van der Waals surface area contributed by atoms with Crippen LogP contribution in [-0.2, 0) is 5.75 Å². The second kappa shape index (κ2) is 6.61. The topological polar surface area (TPSA) is 0 Å². The van der Waals surface area contributed by atoms with Crippen molar-refractivity contribution in [3.63, 3.8) is 0 Å². The molecule has 0 saturated carbocycles. The third kappa shape index (κ3) is 4.84. The Kier molecular flexibility index (Phi) is 5.77. The number of hydrogen-bond acceptors (Lipinski definition) is 2. The lowest BCUT2D eigenvalue weighted by molar-refractivity contribution is 0.294. The molecule has 0 aliphatic carbocycles. The van der Waals surface area contributed by atoms with Crippen LogP contribution in [0.2, 0.25) is 0 Å². The lowest BCUT2D eigenvalue weighted by atomic mass is 9.83. The lowest BCUT2D eigenvalue weighted by Crippen LogP contribution is -2.24. The van der Waals surface area contributed by atoms with E-state index in [1.165, 1.54) is 11.3 Å². The molecule has 0 aliphatic rings. The fraction of sp³-hybridized carbons (Fsp3) is 0.571. The summed E-state index contributed by atoms with van der Waals surface area (Å²) in [6.45, 7) is 6.91. The summed E-state index contributed by atoms with van der Waals surface area (Å²) in [5, 5.41) is 0. The largest absolute Gasteiger partial charge is 0.179 e. The van der Waals surface area contributed by atoms with Crippen molar-refractivity contribution in [3.8, 4) is 0 Å². The fourth-order valence-electron chi connectivity index (χ4n) is 1.47.